The number of hydrogen-bond acceptors (Lipinski definition) is 5. The zero-order valence-corrected chi connectivity index (χ0v) is 21.5. The summed E-state index contributed by atoms with van der Waals surface area (Å²) in [6.45, 7) is 6.28. The SMILES string of the molecule is C=CCN(CCCCC)C(=O)[C@H]1N([C@H](CO)c2ccccc2)C(=O)[C@@H]2[C@@H](C(=O)O)[C@@H]3O[C@@]21CC3Br. The van der Waals surface area contributed by atoms with Gasteiger partial charge in [-0.15, -0.1) is 6.58 Å². The van der Waals surface area contributed by atoms with Crippen LogP contribution in [-0.4, -0.2) is 80.1 Å². The van der Waals surface area contributed by atoms with Crippen molar-refractivity contribution in [3.8, 4) is 0 Å². The van der Waals surface area contributed by atoms with Crippen LogP contribution >= 0.6 is 15.9 Å². The summed E-state index contributed by atoms with van der Waals surface area (Å²) in [5.41, 5.74) is -0.599. The van der Waals surface area contributed by atoms with Gasteiger partial charge in [-0.1, -0.05) is 72.1 Å². The predicted molar refractivity (Wildman–Crippen MR) is 133 cm³/mol. The minimum Gasteiger partial charge on any atom is -0.481 e. The summed E-state index contributed by atoms with van der Waals surface area (Å²) >= 11 is 3.56. The summed E-state index contributed by atoms with van der Waals surface area (Å²) in [5, 5.41) is 20.5. The fourth-order valence-corrected chi connectivity index (χ4v) is 7.11. The number of alkyl halides is 1. The molecule has 3 aliphatic heterocycles. The van der Waals surface area contributed by atoms with Gasteiger partial charge in [0, 0.05) is 17.9 Å². The number of amides is 2. The third kappa shape index (κ3) is 4.21. The molecule has 0 aromatic heterocycles. The van der Waals surface area contributed by atoms with Crippen LogP contribution in [0, 0.1) is 11.8 Å². The van der Waals surface area contributed by atoms with Crippen molar-refractivity contribution in [2.24, 2.45) is 11.8 Å². The van der Waals surface area contributed by atoms with Crippen molar-refractivity contribution in [1.29, 1.82) is 0 Å². The van der Waals surface area contributed by atoms with E-state index >= 15 is 0 Å². The second-order valence-corrected chi connectivity index (χ2v) is 10.8. The van der Waals surface area contributed by atoms with Crippen molar-refractivity contribution in [1.82, 2.24) is 9.80 Å². The minimum absolute atomic E-state index is 0.292. The highest BCUT2D eigenvalue weighted by Gasteiger charge is 2.77. The molecule has 0 saturated carbocycles. The van der Waals surface area contributed by atoms with Crippen LogP contribution in [0.4, 0.5) is 0 Å². The Hall–Kier alpha value is -2.23. The number of carbonyl (C=O) groups is 3. The molecule has 0 aliphatic carbocycles. The molecule has 3 saturated heterocycles. The quantitative estimate of drug-likeness (QED) is 0.250. The number of aliphatic hydroxyl groups excluding tert-OH is 1. The number of carboxylic acid groups (broad SMARTS) is 1. The molecule has 1 unspecified atom stereocenters. The van der Waals surface area contributed by atoms with E-state index in [1.807, 2.05) is 6.07 Å². The summed E-state index contributed by atoms with van der Waals surface area (Å²) < 4.78 is 6.34. The summed E-state index contributed by atoms with van der Waals surface area (Å²) in [4.78, 5) is 43.3. The van der Waals surface area contributed by atoms with Gasteiger partial charge in [-0.05, 0) is 18.4 Å². The zero-order chi connectivity index (χ0) is 25.3. The number of aliphatic carboxylic acids is 1. The van der Waals surface area contributed by atoms with Crippen LogP contribution in [0.5, 0.6) is 0 Å². The van der Waals surface area contributed by atoms with Crippen LogP contribution in [0.1, 0.15) is 44.2 Å². The van der Waals surface area contributed by atoms with E-state index in [4.69, 9.17) is 4.74 Å². The lowest BCUT2D eigenvalue weighted by molar-refractivity contribution is -0.153. The number of carboxylic acids is 1. The van der Waals surface area contributed by atoms with E-state index in [1.165, 1.54) is 4.90 Å². The second kappa shape index (κ2) is 10.4. The molecule has 8 nitrogen and oxygen atoms in total. The average Bonchev–Trinajstić information content (AvgIpc) is 3.43. The van der Waals surface area contributed by atoms with Gasteiger partial charge in [0.15, 0.2) is 0 Å². The Morgan fingerprint density at radius 2 is 2.06 bits per heavy atom. The first-order chi connectivity index (χ1) is 16.8. The lowest BCUT2D eigenvalue weighted by Gasteiger charge is -2.39. The Labute approximate surface area is 214 Å². The number of benzene rings is 1. The molecule has 190 valence electrons. The van der Waals surface area contributed by atoms with Crippen LogP contribution < -0.4 is 0 Å². The first-order valence-electron chi connectivity index (χ1n) is 12.2. The standard InChI is InChI=1S/C26H33BrN2O6/c1-3-5-9-13-28(12-4-2)24(32)22-26-14-17(27)21(35-26)19(25(33)34)20(26)23(31)29(22)18(15-30)16-10-7-6-8-11-16/h4,6-8,10-11,17-22,30H,2-3,5,9,12-15H2,1H3,(H,33,34)/t17?,18-,19-,20+,21-,22-,26+/m1/s1. The molecule has 3 aliphatic rings. The number of ether oxygens (including phenoxy) is 1. The van der Waals surface area contributed by atoms with Crippen LogP contribution in [0.2, 0.25) is 0 Å². The molecule has 1 spiro atoms. The maximum absolute atomic E-state index is 14.2. The first-order valence-corrected chi connectivity index (χ1v) is 13.2. The molecule has 1 aromatic carbocycles. The third-order valence-electron chi connectivity index (χ3n) is 7.63. The van der Waals surface area contributed by atoms with Crippen molar-refractivity contribution < 1.29 is 29.3 Å². The lowest BCUT2D eigenvalue weighted by Crippen LogP contribution is -2.57. The van der Waals surface area contributed by atoms with Gasteiger partial charge in [0.2, 0.25) is 11.8 Å². The summed E-state index contributed by atoms with van der Waals surface area (Å²) in [6.07, 6.45) is 4.05. The zero-order valence-electron chi connectivity index (χ0n) is 19.9. The topological polar surface area (TPSA) is 107 Å². The minimum atomic E-state index is -1.28. The second-order valence-electron chi connectivity index (χ2n) is 9.64. The maximum atomic E-state index is 14.2. The Morgan fingerprint density at radius 1 is 1.34 bits per heavy atom. The molecule has 2 bridgehead atoms. The van der Waals surface area contributed by atoms with Gasteiger partial charge in [-0.3, -0.25) is 14.4 Å². The van der Waals surface area contributed by atoms with Gasteiger partial charge in [-0.2, -0.15) is 0 Å². The monoisotopic (exact) mass is 548 g/mol. The lowest BCUT2D eigenvalue weighted by atomic mass is 9.70. The van der Waals surface area contributed by atoms with Gasteiger partial charge >= 0.3 is 5.97 Å². The maximum Gasteiger partial charge on any atom is 0.310 e. The van der Waals surface area contributed by atoms with E-state index < -0.39 is 54.1 Å². The molecule has 7 atom stereocenters. The largest absolute Gasteiger partial charge is 0.481 e. The van der Waals surface area contributed by atoms with Gasteiger partial charge in [-0.25, -0.2) is 0 Å². The summed E-state index contributed by atoms with van der Waals surface area (Å²) in [5.74, 6) is -3.92. The van der Waals surface area contributed by atoms with E-state index in [9.17, 15) is 24.6 Å². The van der Waals surface area contributed by atoms with Crippen LogP contribution in [0.15, 0.2) is 43.0 Å². The van der Waals surface area contributed by atoms with Gasteiger partial charge in [0.1, 0.15) is 11.6 Å². The Morgan fingerprint density at radius 3 is 2.66 bits per heavy atom. The highest BCUT2D eigenvalue weighted by atomic mass is 79.9. The van der Waals surface area contributed by atoms with Gasteiger partial charge in [0.25, 0.3) is 0 Å². The van der Waals surface area contributed by atoms with Crippen molar-refractivity contribution in [3.63, 3.8) is 0 Å². The molecule has 3 heterocycles. The normalized spacial score (nSPS) is 31.9. The highest BCUT2D eigenvalue weighted by molar-refractivity contribution is 9.09. The molecular formula is C26H33BrN2O6. The fraction of sp³-hybridized carbons (Fsp3) is 0.577. The number of halogens is 1. The Bertz CT molecular complexity index is 974. The van der Waals surface area contributed by atoms with Crippen molar-refractivity contribution in [2.75, 3.05) is 19.7 Å². The Balaban J connectivity index is 1.81. The molecule has 3 fully saturated rings. The van der Waals surface area contributed by atoms with E-state index in [1.54, 1.807) is 35.2 Å². The van der Waals surface area contributed by atoms with Crippen molar-refractivity contribution in [2.45, 2.75) is 61.2 Å². The summed E-state index contributed by atoms with van der Waals surface area (Å²) in [7, 11) is 0. The fourth-order valence-electron chi connectivity index (χ4n) is 6.17. The number of nitrogens with zero attached hydrogens (tertiary/aromatic N) is 2. The number of unbranched alkanes of at least 4 members (excludes halogenated alkanes) is 2. The smallest absolute Gasteiger partial charge is 0.310 e. The van der Waals surface area contributed by atoms with Crippen LogP contribution in [0.3, 0.4) is 0 Å². The third-order valence-corrected chi connectivity index (χ3v) is 8.48. The average molecular weight is 549 g/mol. The molecule has 4 rings (SSSR count). The van der Waals surface area contributed by atoms with Gasteiger partial charge in [0.05, 0.1) is 30.6 Å². The predicted octanol–water partition coefficient (Wildman–Crippen LogP) is 2.76. The van der Waals surface area contributed by atoms with Crippen molar-refractivity contribution in [3.05, 3.63) is 48.6 Å². The number of carbonyl (C=O) groups excluding carboxylic acids is 2. The van der Waals surface area contributed by atoms with E-state index in [0.717, 1.165) is 19.3 Å². The number of likely N-dealkylation sites (tertiary alicyclic amines) is 1. The molecule has 2 amide bonds. The molecule has 2 N–H and O–H groups in total. The highest BCUT2D eigenvalue weighted by Crippen LogP contribution is 2.61. The van der Waals surface area contributed by atoms with Gasteiger partial charge < -0.3 is 24.7 Å². The molecule has 35 heavy (non-hydrogen) atoms. The molecular weight excluding hydrogens is 516 g/mol. The van der Waals surface area contributed by atoms with Crippen LogP contribution in [-0.2, 0) is 19.1 Å². The Kier molecular flexibility index (Phi) is 7.68. The number of rotatable bonds is 11. The van der Waals surface area contributed by atoms with Crippen molar-refractivity contribution >= 4 is 33.7 Å². The first kappa shape index (κ1) is 25.9. The number of hydrogen-bond donors (Lipinski definition) is 2. The summed E-state index contributed by atoms with van der Waals surface area (Å²) in [6, 6.07) is 7.19. The number of aliphatic hydroxyl groups is 1. The van der Waals surface area contributed by atoms with Crippen LogP contribution in [0.25, 0.3) is 0 Å². The molecule has 0 radical (unpaired) electrons. The molecule has 1 aromatic rings. The van der Waals surface area contributed by atoms with E-state index in [-0.39, 0.29) is 10.7 Å². The number of fused-ring (bicyclic) bond motifs is 1. The van der Waals surface area contributed by atoms with E-state index in [0.29, 0.717) is 25.1 Å². The van der Waals surface area contributed by atoms with E-state index in [2.05, 4.69) is 29.4 Å². The molecule has 9 heteroatoms.